The van der Waals surface area contributed by atoms with Crippen molar-refractivity contribution in [1.29, 1.82) is 0 Å². The van der Waals surface area contributed by atoms with Crippen molar-refractivity contribution in [3.63, 3.8) is 0 Å². The van der Waals surface area contributed by atoms with Gasteiger partial charge in [-0.15, -0.1) is 11.3 Å². The zero-order valence-corrected chi connectivity index (χ0v) is 7.87. The maximum atomic E-state index is 11.3. The molecule has 0 saturated carbocycles. The first-order valence-electron chi connectivity index (χ1n) is 3.90. The van der Waals surface area contributed by atoms with Crippen molar-refractivity contribution in [1.82, 2.24) is 9.38 Å². The van der Waals surface area contributed by atoms with E-state index >= 15 is 0 Å². The molecule has 0 bridgehead atoms. The van der Waals surface area contributed by atoms with E-state index in [1.54, 1.807) is 23.7 Å². The predicted molar refractivity (Wildman–Crippen MR) is 49.0 cm³/mol. The SMILES string of the molecule is CCOC(=O)c1ncc2sccn12. The minimum Gasteiger partial charge on any atom is -0.460 e. The van der Waals surface area contributed by atoms with Crippen LogP contribution < -0.4 is 0 Å². The van der Waals surface area contributed by atoms with Crippen LogP contribution in [0.5, 0.6) is 0 Å². The molecule has 0 unspecified atom stereocenters. The van der Waals surface area contributed by atoms with Gasteiger partial charge in [0.15, 0.2) is 0 Å². The fraction of sp³-hybridized carbons (Fsp3) is 0.250. The normalized spacial score (nSPS) is 10.5. The van der Waals surface area contributed by atoms with Gasteiger partial charge in [0.1, 0.15) is 4.83 Å². The van der Waals surface area contributed by atoms with Gasteiger partial charge in [0.2, 0.25) is 5.82 Å². The molecule has 0 atom stereocenters. The number of carbonyl (C=O) groups is 1. The van der Waals surface area contributed by atoms with Gasteiger partial charge in [0, 0.05) is 11.6 Å². The van der Waals surface area contributed by atoms with Gasteiger partial charge < -0.3 is 4.74 Å². The average molecular weight is 196 g/mol. The molecule has 4 nitrogen and oxygen atoms in total. The Bertz CT molecular complexity index is 432. The van der Waals surface area contributed by atoms with Gasteiger partial charge in [-0.25, -0.2) is 9.78 Å². The Morgan fingerprint density at radius 3 is 3.38 bits per heavy atom. The quantitative estimate of drug-likeness (QED) is 0.685. The topological polar surface area (TPSA) is 43.6 Å². The first kappa shape index (κ1) is 8.25. The molecule has 0 amide bonds. The van der Waals surface area contributed by atoms with E-state index in [1.807, 2.05) is 5.38 Å². The minimum absolute atomic E-state index is 0.345. The van der Waals surface area contributed by atoms with Crippen LogP contribution in [-0.2, 0) is 4.74 Å². The molecule has 2 aromatic rings. The van der Waals surface area contributed by atoms with Gasteiger partial charge in [-0.05, 0) is 6.92 Å². The van der Waals surface area contributed by atoms with Crippen LogP contribution >= 0.6 is 11.3 Å². The summed E-state index contributed by atoms with van der Waals surface area (Å²) >= 11 is 1.54. The molecule has 0 N–H and O–H groups in total. The number of fused-ring (bicyclic) bond motifs is 1. The van der Waals surface area contributed by atoms with Crippen molar-refractivity contribution in [3.8, 4) is 0 Å². The van der Waals surface area contributed by atoms with Gasteiger partial charge in [0.05, 0.1) is 12.8 Å². The lowest BCUT2D eigenvalue weighted by Gasteiger charge is -1.97. The maximum absolute atomic E-state index is 11.3. The van der Waals surface area contributed by atoms with Crippen LogP contribution in [0.3, 0.4) is 0 Å². The van der Waals surface area contributed by atoms with E-state index in [-0.39, 0.29) is 5.97 Å². The molecule has 0 aliphatic rings. The number of ether oxygens (including phenoxy) is 1. The fourth-order valence-electron chi connectivity index (χ4n) is 1.08. The lowest BCUT2D eigenvalue weighted by Crippen LogP contribution is -2.08. The lowest BCUT2D eigenvalue weighted by molar-refractivity contribution is 0.0511. The summed E-state index contributed by atoms with van der Waals surface area (Å²) in [7, 11) is 0. The lowest BCUT2D eigenvalue weighted by atomic mass is 10.6. The summed E-state index contributed by atoms with van der Waals surface area (Å²) in [6, 6.07) is 0. The molecule has 68 valence electrons. The average Bonchev–Trinajstić information content (AvgIpc) is 2.62. The van der Waals surface area contributed by atoms with Crippen LogP contribution in [0.2, 0.25) is 0 Å². The maximum Gasteiger partial charge on any atom is 0.374 e. The molecular weight excluding hydrogens is 188 g/mol. The number of nitrogens with zero attached hydrogens (tertiary/aromatic N) is 2. The van der Waals surface area contributed by atoms with E-state index < -0.39 is 0 Å². The largest absolute Gasteiger partial charge is 0.460 e. The number of hydrogen-bond acceptors (Lipinski definition) is 4. The number of rotatable bonds is 2. The molecular formula is C8H8N2O2S. The first-order chi connectivity index (χ1) is 6.33. The molecule has 13 heavy (non-hydrogen) atoms. The third-order valence-electron chi connectivity index (χ3n) is 1.62. The van der Waals surface area contributed by atoms with E-state index in [0.717, 1.165) is 4.83 Å². The molecule has 0 fully saturated rings. The molecule has 0 aromatic carbocycles. The highest BCUT2D eigenvalue weighted by Crippen LogP contribution is 2.13. The van der Waals surface area contributed by atoms with E-state index in [1.165, 1.54) is 11.3 Å². The molecule has 2 rings (SSSR count). The summed E-state index contributed by atoms with van der Waals surface area (Å²) in [4.78, 5) is 16.2. The van der Waals surface area contributed by atoms with Crippen molar-refractivity contribution in [2.75, 3.05) is 6.61 Å². The summed E-state index contributed by atoms with van der Waals surface area (Å²) < 4.78 is 6.57. The van der Waals surface area contributed by atoms with Crippen LogP contribution in [-0.4, -0.2) is 22.0 Å². The zero-order chi connectivity index (χ0) is 9.26. The van der Waals surface area contributed by atoms with Gasteiger partial charge in [-0.1, -0.05) is 0 Å². The summed E-state index contributed by atoms with van der Waals surface area (Å²) in [5.74, 6) is -0.0287. The number of aromatic nitrogens is 2. The molecule has 2 aromatic heterocycles. The van der Waals surface area contributed by atoms with E-state index in [2.05, 4.69) is 4.98 Å². The van der Waals surface area contributed by atoms with Crippen LogP contribution in [0, 0.1) is 0 Å². The molecule has 0 spiro atoms. The standard InChI is InChI=1S/C8H8N2O2S/c1-2-12-8(11)7-9-5-6-10(7)3-4-13-6/h3-5H,2H2,1H3. The highest BCUT2D eigenvalue weighted by Gasteiger charge is 2.13. The second kappa shape index (κ2) is 3.18. The van der Waals surface area contributed by atoms with Crippen LogP contribution in [0.1, 0.15) is 17.5 Å². The number of esters is 1. The van der Waals surface area contributed by atoms with E-state index in [0.29, 0.717) is 12.4 Å². The number of imidazole rings is 1. The Labute approximate surface area is 78.8 Å². The molecule has 0 saturated heterocycles. The molecule has 0 aliphatic carbocycles. The van der Waals surface area contributed by atoms with Gasteiger partial charge >= 0.3 is 5.97 Å². The predicted octanol–water partition coefficient (Wildman–Crippen LogP) is 1.57. The second-order valence-electron chi connectivity index (χ2n) is 2.41. The summed E-state index contributed by atoms with van der Waals surface area (Å²) in [5.41, 5.74) is 0. The Balaban J connectivity index is 2.42. The van der Waals surface area contributed by atoms with Crippen LogP contribution in [0.4, 0.5) is 0 Å². The van der Waals surface area contributed by atoms with Gasteiger partial charge in [-0.3, -0.25) is 4.40 Å². The van der Waals surface area contributed by atoms with Crippen molar-refractivity contribution < 1.29 is 9.53 Å². The highest BCUT2D eigenvalue weighted by atomic mass is 32.1. The first-order valence-corrected chi connectivity index (χ1v) is 4.78. The van der Waals surface area contributed by atoms with Crippen molar-refractivity contribution in [2.45, 2.75) is 6.92 Å². The summed E-state index contributed by atoms with van der Waals surface area (Å²) in [5, 5.41) is 1.90. The third-order valence-corrected chi connectivity index (χ3v) is 2.42. The van der Waals surface area contributed by atoms with Crippen molar-refractivity contribution in [2.24, 2.45) is 0 Å². The Kier molecular flexibility index (Phi) is 2.02. The number of thiazole rings is 1. The number of hydrogen-bond donors (Lipinski definition) is 0. The Morgan fingerprint density at radius 1 is 1.77 bits per heavy atom. The molecule has 2 heterocycles. The Morgan fingerprint density at radius 2 is 2.62 bits per heavy atom. The van der Waals surface area contributed by atoms with Gasteiger partial charge in [0.25, 0.3) is 0 Å². The monoisotopic (exact) mass is 196 g/mol. The van der Waals surface area contributed by atoms with E-state index in [9.17, 15) is 4.79 Å². The van der Waals surface area contributed by atoms with Gasteiger partial charge in [-0.2, -0.15) is 0 Å². The van der Waals surface area contributed by atoms with Crippen LogP contribution in [0.25, 0.3) is 4.83 Å². The van der Waals surface area contributed by atoms with E-state index in [4.69, 9.17) is 4.74 Å². The zero-order valence-electron chi connectivity index (χ0n) is 7.06. The Hall–Kier alpha value is -1.36. The smallest absolute Gasteiger partial charge is 0.374 e. The molecule has 5 heteroatoms. The molecule has 0 radical (unpaired) electrons. The molecule has 0 aliphatic heterocycles. The third kappa shape index (κ3) is 1.31. The van der Waals surface area contributed by atoms with Crippen molar-refractivity contribution >= 4 is 22.1 Å². The number of carbonyl (C=O) groups excluding carboxylic acids is 1. The second-order valence-corrected chi connectivity index (χ2v) is 3.34. The fourth-order valence-corrected chi connectivity index (χ4v) is 1.78. The minimum atomic E-state index is -0.374. The summed E-state index contributed by atoms with van der Waals surface area (Å²) in [6.45, 7) is 2.15. The highest BCUT2D eigenvalue weighted by molar-refractivity contribution is 7.15. The van der Waals surface area contributed by atoms with Crippen LogP contribution in [0.15, 0.2) is 17.8 Å². The summed E-state index contributed by atoms with van der Waals surface area (Å²) in [6.07, 6.45) is 3.47. The van der Waals surface area contributed by atoms with Crippen molar-refractivity contribution in [3.05, 3.63) is 23.6 Å².